The summed E-state index contributed by atoms with van der Waals surface area (Å²) in [5.41, 5.74) is 1.34. The second kappa shape index (κ2) is 15.3. The zero-order valence-electron chi connectivity index (χ0n) is 32.0. The number of nitriles is 1. The molecule has 5 amide bonds. The number of ether oxygens (including phenoxy) is 1. The Morgan fingerprint density at radius 1 is 0.915 bits per heavy atom. The van der Waals surface area contributed by atoms with Crippen molar-refractivity contribution in [3.8, 4) is 11.8 Å². The van der Waals surface area contributed by atoms with Gasteiger partial charge in [0.1, 0.15) is 23.8 Å². The number of pyridine rings is 1. The van der Waals surface area contributed by atoms with Crippen molar-refractivity contribution in [3.63, 3.8) is 0 Å². The number of amides is 5. The van der Waals surface area contributed by atoms with Gasteiger partial charge in [0.15, 0.2) is 22.4 Å². The fraction of sp³-hybridized carbons (Fsp3) is 0.429. The van der Waals surface area contributed by atoms with Crippen LogP contribution in [0.4, 0.5) is 21.5 Å². The van der Waals surface area contributed by atoms with Crippen molar-refractivity contribution in [2.75, 3.05) is 47.4 Å². The van der Waals surface area contributed by atoms with Gasteiger partial charge >= 0.3 is 0 Å². The van der Waals surface area contributed by atoms with Gasteiger partial charge in [0.05, 0.1) is 28.0 Å². The lowest BCUT2D eigenvalue weighted by Crippen LogP contribution is -2.55. The number of rotatable bonds is 8. The van der Waals surface area contributed by atoms with E-state index in [-0.39, 0.29) is 57.6 Å². The molecule has 0 bridgehead atoms. The number of halogens is 2. The molecule has 0 radical (unpaired) electrons. The number of anilines is 3. The molecule has 1 unspecified atom stereocenters. The summed E-state index contributed by atoms with van der Waals surface area (Å²) in [6.45, 7) is 4.19. The molecule has 17 heteroatoms. The molecule has 1 spiro atoms. The first-order valence-corrected chi connectivity index (χ1v) is 20.8. The van der Waals surface area contributed by atoms with Crippen molar-refractivity contribution in [3.05, 3.63) is 76.3 Å². The minimum atomic E-state index is -0.993. The monoisotopic (exact) mass is 838 g/mol. The number of hydrogen-bond donors (Lipinski definition) is 1. The maximum atomic E-state index is 15.8. The summed E-state index contributed by atoms with van der Waals surface area (Å²) in [5, 5.41) is 11.8. The summed E-state index contributed by atoms with van der Waals surface area (Å²) in [6.07, 6.45) is 6.81. The number of carbonyl (C=O) groups excluding carboxylic acids is 5. The smallest absolute Gasteiger partial charge is 0.262 e. The van der Waals surface area contributed by atoms with Crippen molar-refractivity contribution in [1.82, 2.24) is 20.1 Å². The van der Waals surface area contributed by atoms with Gasteiger partial charge in [-0.05, 0) is 106 Å². The van der Waals surface area contributed by atoms with E-state index in [2.05, 4.69) is 20.1 Å². The number of thiocarbonyl (C=S) groups is 1. The number of piperidine rings is 3. The number of hydrogen-bond acceptors (Lipinski definition) is 11. The van der Waals surface area contributed by atoms with E-state index >= 15 is 4.39 Å². The molecule has 1 aromatic heterocycles. The molecule has 1 aliphatic carbocycles. The van der Waals surface area contributed by atoms with Gasteiger partial charge < -0.3 is 19.4 Å². The van der Waals surface area contributed by atoms with Gasteiger partial charge in [0, 0.05) is 56.6 Å². The minimum absolute atomic E-state index is 0.0441. The molecule has 9 rings (SSSR count). The average molecular weight is 839 g/mol. The van der Waals surface area contributed by atoms with Crippen LogP contribution in [0.15, 0.2) is 48.7 Å². The third-order valence-corrected chi connectivity index (χ3v) is 13.4. The Balaban J connectivity index is 0.770. The maximum absolute atomic E-state index is 15.8. The van der Waals surface area contributed by atoms with E-state index in [4.69, 9.17) is 28.6 Å². The fourth-order valence-electron chi connectivity index (χ4n) is 9.35. The van der Waals surface area contributed by atoms with Gasteiger partial charge in [-0.3, -0.25) is 39.1 Å². The Morgan fingerprint density at radius 2 is 1.64 bits per heavy atom. The SMILES string of the molecule is N#Cc1ncc(N2C(=O)C3(CCC3)N(c3ccc(OC4CCN(CC5CCN(c6ccc7c(c6)C(=O)N(C6CCC(=O)NC6=O)C7=O)CC5)CC4)c(F)c3)C2=S)cc1Cl. The molecule has 14 nitrogen and oxygen atoms in total. The molecule has 1 atom stereocenters. The summed E-state index contributed by atoms with van der Waals surface area (Å²) in [6, 6.07) is 12.4. The highest BCUT2D eigenvalue weighted by molar-refractivity contribution is 7.81. The third kappa shape index (κ3) is 6.78. The summed E-state index contributed by atoms with van der Waals surface area (Å²) in [5.74, 6) is -2.17. The number of likely N-dealkylation sites (tertiary alicyclic amines) is 1. The van der Waals surface area contributed by atoms with E-state index in [1.165, 1.54) is 23.2 Å². The van der Waals surface area contributed by atoms with Crippen molar-refractivity contribution in [2.45, 2.75) is 75.5 Å². The number of nitrogens with one attached hydrogen (secondary N) is 1. The lowest BCUT2D eigenvalue weighted by atomic mass is 9.75. The molecule has 59 heavy (non-hydrogen) atoms. The molecular weight excluding hydrogens is 799 g/mol. The standard InChI is InChI=1S/C42H40ClFN8O6S/c43-31-19-27(22-46-33(31)21-45)50-40(57)42(12-1-13-42)52(41(50)59)26-3-6-35(32(44)20-26)58-28-10-14-48(15-11-28)23-24-8-16-49(17-9-24)25-2-4-29-30(18-25)39(56)51(38(29)55)34-5-7-36(53)47-37(34)54/h2-4,6,18-20,22,24,28,34H,1,5,7-17,23H2,(H,47,53,54). The van der Waals surface area contributed by atoms with Crippen molar-refractivity contribution < 1.29 is 33.1 Å². The Bertz CT molecular complexity index is 2350. The highest BCUT2D eigenvalue weighted by Crippen LogP contribution is 2.48. The highest BCUT2D eigenvalue weighted by atomic mass is 35.5. The average Bonchev–Trinajstić information content (AvgIpc) is 3.60. The van der Waals surface area contributed by atoms with Crippen LogP contribution >= 0.6 is 23.8 Å². The van der Waals surface area contributed by atoms with E-state index in [0.29, 0.717) is 30.1 Å². The minimum Gasteiger partial charge on any atom is -0.487 e. The third-order valence-electron chi connectivity index (χ3n) is 12.7. The van der Waals surface area contributed by atoms with E-state index in [0.717, 1.165) is 75.4 Å². The first kappa shape index (κ1) is 39.0. The molecule has 2 aromatic carbocycles. The summed E-state index contributed by atoms with van der Waals surface area (Å²) < 4.78 is 21.9. The van der Waals surface area contributed by atoms with Crippen molar-refractivity contribution >= 4 is 75.5 Å². The van der Waals surface area contributed by atoms with Gasteiger partial charge in [-0.2, -0.15) is 5.26 Å². The van der Waals surface area contributed by atoms with Gasteiger partial charge in [-0.1, -0.05) is 11.6 Å². The molecule has 3 aromatic rings. The molecule has 4 saturated heterocycles. The van der Waals surface area contributed by atoms with Crippen LogP contribution < -0.4 is 24.8 Å². The second-order valence-electron chi connectivity index (χ2n) is 16.1. The number of nitrogens with zero attached hydrogens (tertiary/aromatic N) is 7. The number of carbonyl (C=O) groups is 5. The normalized spacial score (nSPS) is 22.6. The zero-order valence-corrected chi connectivity index (χ0v) is 33.6. The predicted octanol–water partition coefficient (Wildman–Crippen LogP) is 4.97. The van der Waals surface area contributed by atoms with Crippen LogP contribution in [0, 0.1) is 23.1 Å². The zero-order chi connectivity index (χ0) is 41.2. The van der Waals surface area contributed by atoms with Gasteiger partial charge in [0.2, 0.25) is 11.8 Å². The Labute approximate surface area is 349 Å². The Morgan fingerprint density at radius 3 is 2.31 bits per heavy atom. The molecule has 1 N–H and O–H groups in total. The fourth-order valence-corrected chi connectivity index (χ4v) is 10.0. The molecule has 304 valence electrons. The summed E-state index contributed by atoms with van der Waals surface area (Å²) in [7, 11) is 0. The molecule has 1 saturated carbocycles. The summed E-state index contributed by atoms with van der Waals surface area (Å²) in [4.78, 5) is 77.2. The van der Waals surface area contributed by atoms with Crippen LogP contribution in [0.3, 0.4) is 0 Å². The van der Waals surface area contributed by atoms with Crippen LogP contribution in [0.25, 0.3) is 0 Å². The molecule has 5 aliphatic heterocycles. The number of imide groups is 2. The largest absolute Gasteiger partial charge is 0.487 e. The molecule has 6 aliphatic rings. The second-order valence-corrected chi connectivity index (χ2v) is 16.9. The predicted molar refractivity (Wildman–Crippen MR) is 218 cm³/mol. The maximum Gasteiger partial charge on any atom is 0.262 e. The van der Waals surface area contributed by atoms with Gasteiger partial charge in [0.25, 0.3) is 17.7 Å². The lowest BCUT2D eigenvalue weighted by Gasteiger charge is -2.43. The first-order chi connectivity index (χ1) is 28.4. The van der Waals surface area contributed by atoms with Crippen molar-refractivity contribution in [2.24, 2.45) is 5.92 Å². The van der Waals surface area contributed by atoms with Crippen LogP contribution in [0.2, 0.25) is 5.02 Å². The van der Waals surface area contributed by atoms with Gasteiger partial charge in [-0.15, -0.1) is 0 Å². The summed E-state index contributed by atoms with van der Waals surface area (Å²) >= 11 is 12.0. The number of benzene rings is 2. The van der Waals surface area contributed by atoms with Gasteiger partial charge in [-0.25, -0.2) is 9.37 Å². The van der Waals surface area contributed by atoms with E-state index in [1.807, 2.05) is 12.1 Å². The molecule has 5 fully saturated rings. The molecular formula is C42H40ClFN8O6S. The van der Waals surface area contributed by atoms with E-state index < -0.39 is 41.0 Å². The Kier molecular flexibility index (Phi) is 10.1. The van der Waals surface area contributed by atoms with Crippen LogP contribution in [0.1, 0.15) is 84.2 Å². The first-order valence-electron chi connectivity index (χ1n) is 20.0. The number of aromatic nitrogens is 1. The topological polar surface area (TPSA) is 159 Å². The Hall–Kier alpha value is -5.50. The highest BCUT2D eigenvalue weighted by Gasteiger charge is 2.60. The van der Waals surface area contributed by atoms with Crippen LogP contribution in [0.5, 0.6) is 5.75 Å². The quantitative estimate of drug-likeness (QED) is 0.240. The van der Waals surface area contributed by atoms with E-state index in [9.17, 15) is 29.2 Å². The molecule has 6 heterocycles. The lowest BCUT2D eigenvalue weighted by molar-refractivity contribution is -0.136. The van der Waals surface area contributed by atoms with Crippen LogP contribution in [-0.4, -0.2) is 99.8 Å². The van der Waals surface area contributed by atoms with Crippen LogP contribution in [-0.2, 0) is 14.4 Å². The number of fused-ring (bicyclic) bond motifs is 1. The van der Waals surface area contributed by atoms with Crippen molar-refractivity contribution in [1.29, 1.82) is 5.26 Å². The van der Waals surface area contributed by atoms with E-state index in [1.54, 1.807) is 29.2 Å².